The number of nitrogens with one attached hydrogen (secondary N) is 1. The van der Waals surface area contributed by atoms with Crippen LogP contribution in [0.2, 0.25) is 0 Å². The first kappa shape index (κ1) is 31.1. The molecule has 1 amide bonds. The minimum absolute atomic E-state index is 0.122. The summed E-state index contributed by atoms with van der Waals surface area (Å²) in [4.78, 5) is 31.6. The summed E-state index contributed by atoms with van der Waals surface area (Å²) >= 11 is 8.89. The highest BCUT2D eigenvalue weighted by molar-refractivity contribution is 9.10. The fourth-order valence-corrected chi connectivity index (χ4v) is 5.18. The van der Waals surface area contributed by atoms with E-state index in [2.05, 4.69) is 31.0 Å². The SMILES string of the molecule is CC(C)OC(=O)[C@@H](C)N[P@](=O)(OC[C@H]1O[C@@H](Oc2ncc(Br)nc2C(N)=O)[C@@](F)(Cl)[C@@H]1O)Oc1ccccc1. The molecular formula is C22H26BrClFN4O9P. The quantitative estimate of drug-likeness (QED) is 0.173. The van der Waals surface area contributed by atoms with Crippen molar-refractivity contribution in [2.75, 3.05) is 6.61 Å². The van der Waals surface area contributed by atoms with E-state index in [9.17, 15) is 19.3 Å². The number of rotatable bonds is 12. The molecule has 1 aromatic heterocycles. The average molecular weight is 656 g/mol. The van der Waals surface area contributed by atoms with Crippen molar-refractivity contribution in [3.05, 3.63) is 46.8 Å². The fourth-order valence-electron chi connectivity index (χ4n) is 3.16. The molecule has 6 atom stereocenters. The molecule has 1 aliphatic heterocycles. The number of halogens is 3. The molecule has 214 valence electrons. The van der Waals surface area contributed by atoms with Crippen molar-refractivity contribution < 1.29 is 46.9 Å². The Balaban J connectivity index is 1.77. The standard InChI is InChI=1S/C22H26BrClFN4O9P/c1-11(2)35-20(32)12(3)29-39(33,38-13-7-5-4-6-8-13)34-10-14-17(30)22(24,25)21(36-14)37-19-16(18(26)31)28-15(23)9-27-19/h4-9,11-12,14,17,21,30H,10H2,1-3H3,(H2,26,31)(H,29,33)/t12-,14-,17-,21+,22-,39+/m1/s1. The van der Waals surface area contributed by atoms with Crippen molar-refractivity contribution in [3.63, 3.8) is 0 Å². The van der Waals surface area contributed by atoms with Gasteiger partial charge in [-0.1, -0.05) is 29.8 Å². The molecule has 1 fully saturated rings. The number of alkyl halides is 2. The van der Waals surface area contributed by atoms with Gasteiger partial charge in [0.25, 0.3) is 17.3 Å². The molecule has 2 heterocycles. The molecule has 1 saturated heterocycles. The van der Waals surface area contributed by atoms with Crippen LogP contribution >= 0.6 is 35.3 Å². The minimum Gasteiger partial charge on any atom is -0.462 e. The Hall–Kier alpha value is -2.39. The normalized spacial score (nSPS) is 25.1. The summed E-state index contributed by atoms with van der Waals surface area (Å²) in [6.07, 6.45) is -4.93. The number of nitrogens with zero attached hydrogens (tertiary/aromatic N) is 2. The minimum atomic E-state index is -4.37. The second kappa shape index (κ2) is 12.9. The van der Waals surface area contributed by atoms with E-state index in [1.165, 1.54) is 19.1 Å². The third kappa shape index (κ3) is 8.07. The van der Waals surface area contributed by atoms with E-state index in [4.69, 9.17) is 40.6 Å². The van der Waals surface area contributed by atoms with Gasteiger partial charge in [0.05, 0.1) is 18.9 Å². The first-order valence-electron chi connectivity index (χ1n) is 11.4. The number of aromatic nitrogens is 2. The van der Waals surface area contributed by atoms with E-state index in [1.54, 1.807) is 32.0 Å². The molecule has 13 nitrogen and oxygen atoms in total. The lowest BCUT2D eigenvalue weighted by Gasteiger charge is -2.25. The van der Waals surface area contributed by atoms with Crippen LogP contribution in [0.4, 0.5) is 4.39 Å². The Kier molecular flexibility index (Phi) is 10.3. The molecular weight excluding hydrogens is 630 g/mol. The summed E-state index contributed by atoms with van der Waals surface area (Å²) in [6, 6.07) is 6.74. The fraction of sp³-hybridized carbons (Fsp3) is 0.455. The summed E-state index contributed by atoms with van der Waals surface area (Å²) in [5.41, 5.74) is 4.81. The van der Waals surface area contributed by atoms with Crippen LogP contribution in [0, 0.1) is 0 Å². The molecule has 0 radical (unpaired) electrons. The van der Waals surface area contributed by atoms with Crippen molar-refractivity contribution in [2.24, 2.45) is 5.73 Å². The van der Waals surface area contributed by atoms with Crippen LogP contribution in [0.15, 0.2) is 41.1 Å². The van der Waals surface area contributed by atoms with Crippen molar-refractivity contribution in [1.82, 2.24) is 15.1 Å². The van der Waals surface area contributed by atoms with Crippen molar-refractivity contribution in [1.29, 1.82) is 0 Å². The molecule has 0 unspecified atom stereocenters. The molecule has 1 aliphatic rings. The number of ether oxygens (including phenoxy) is 3. The number of esters is 1. The van der Waals surface area contributed by atoms with Crippen molar-refractivity contribution in [3.8, 4) is 11.6 Å². The van der Waals surface area contributed by atoms with E-state index in [-0.39, 0.29) is 10.4 Å². The van der Waals surface area contributed by atoms with Crippen LogP contribution in [0.1, 0.15) is 31.3 Å². The molecule has 0 saturated carbocycles. The van der Waals surface area contributed by atoms with E-state index >= 15 is 4.39 Å². The molecule has 39 heavy (non-hydrogen) atoms. The largest absolute Gasteiger partial charge is 0.462 e. The van der Waals surface area contributed by atoms with Crippen LogP contribution < -0.4 is 20.1 Å². The number of benzene rings is 1. The second-order valence-corrected chi connectivity index (χ2v) is 11.6. The Bertz CT molecular complexity index is 1230. The van der Waals surface area contributed by atoms with Gasteiger partial charge in [-0.2, -0.15) is 5.09 Å². The number of aliphatic hydroxyl groups excluding tert-OH is 1. The van der Waals surface area contributed by atoms with Crippen LogP contribution in [0.25, 0.3) is 0 Å². The average Bonchev–Trinajstić information content (AvgIpc) is 3.06. The van der Waals surface area contributed by atoms with Crippen LogP contribution in [-0.4, -0.2) is 69.3 Å². The van der Waals surface area contributed by atoms with Gasteiger partial charge in [-0.25, -0.2) is 18.9 Å². The van der Waals surface area contributed by atoms with E-state index in [0.717, 1.165) is 6.20 Å². The first-order valence-corrected chi connectivity index (χ1v) is 14.1. The zero-order valence-corrected chi connectivity index (χ0v) is 24.1. The summed E-state index contributed by atoms with van der Waals surface area (Å²) in [7, 11) is -4.37. The van der Waals surface area contributed by atoms with Crippen molar-refractivity contribution >= 4 is 47.2 Å². The summed E-state index contributed by atoms with van der Waals surface area (Å²) in [5.74, 6) is -2.16. The smallest absolute Gasteiger partial charge is 0.459 e. The molecule has 2 aromatic rings. The van der Waals surface area contributed by atoms with Gasteiger partial charge in [-0.3, -0.25) is 14.1 Å². The Morgan fingerprint density at radius 2 is 2.00 bits per heavy atom. The third-order valence-electron chi connectivity index (χ3n) is 4.96. The zero-order valence-electron chi connectivity index (χ0n) is 20.8. The summed E-state index contributed by atoms with van der Waals surface area (Å²) in [6.45, 7) is 3.91. The van der Waals surface area contributed by atoms with Gasteiger partial charge in [0.2, 0.25) is 5.88 Å². The number of hydrogen-bond acceptors (Lipinski definition) is 11. The van der Waals surface area contributed by atoms with Crippen LogP contribution in [0.5, 0.6) is 11.6 Å². The van der Waals surface area contributed by atoms with Gasteiger partial charge >= 0.3 is 13.7 Å². The zero-order chi connectivity index (χ0) is 29.0. The van der Waals surface area contributed by atoms with Gasteiger partial charge in [0, 0.05) is 0 Å². The topological polar surface area (TPSA) is 181 Å². The van der Waals surface area contributed by atoms with E-state index in [1.807, 2.05) is 0 Å². The lowest BCUT2D eigenvalue weighted by atomic mass is 10.1. The number of hydrogen-bond donors (Lipinski definition) is 3. The molecule has 0 aliphatic carbocycles. The molecule has 3 rings (SSSR count). The first-order chi connectivity index (χ1) is 18.2. The molecule has 0 spiro atoms. The highest BCUT2D eigenvalue weighted by atomic mass is 79.9. The number of carbonyl (C=O) groups is 2. The van der Waals surface area contributed by atoms with E-state index in [0.29, 0.717) is 0 Å². The lowest BCUT2D eigenvalue weighted by Crippen LogP contribution is -2.42. The Morgan fingerprint density at radius 3 is 2.62 bits per heavy atom. The third-order valence-corrected chi connectivity index (χ3v) is 7.38. The van der Waals surface area contributed by atoms with Gasteiger partial charge in [-0.15, -0.1) is 0 Å². The molecule has 4 N–H and O–H groups in total. The van der Waals surface area contributed by atoms with Gasteiger partial charge < -0.3 is 29.6 Å². The van der Waals surface area contributed by atoms with Crippen molar-refractivity contribution in [2.45, 2.75) is 56.5 Å². The number of carbonyl (C=O) groups excluding carboxylic acids is 2. The highest BCUT2D eigenvalue weighted by Crippen LogP contribution is 2.47. The number of primary amides is 1. The maximum atomic E-state index is 15.3. The molecule has 1 aromatic carbocycles. The monoisotopic (exact) mass is 654 g/mol. The Morgan fingerprint density at radius 1 is 1.33 bits per heavy atom. The van der Waals surface area contributed by atoms with Gasteiger partial charge in [0.15, 0.2) is 5.69 Å². The van der Waals surface area contributed by atoms with Crippen LogP contribution in [0.3, 0.4) is 0 Å². The predicted octanol–water partition coefficient (Wildman–Crippen LogP) is 2.84. The highest BCUT2D eigenvalue weighted by Gasteiger charge is 2.59. The number of nitrogens with two attached hydrogens (primary N) is 1. The maximum Gasteiger partial charge on any atom is 0.459 e. The van der Waals surface area contributed by atoms with Crippen LogP contribution in [-0.2, 0) is 23.4 Å². The van der Waals surface area contributed by atoms with Gasteiger partial charge in [-0.05, 0) is 48.8 Å². The molecule has 17 heteroatoms. The lowest BCUT2D eigenvalue weighted by molar-refractivity contribution is -0.149. The number of para-hydroxylation sites is 1. The number of amides is 1. The number of aliphatic hydroxyl groups is 1. The predicted molar refractivity (Wildman–Crippen MR) is 138 cm³/mol. The Labute approximate surface area is 236 Å². The summed E-state index contributed by atoms with van der Waals surface area (Å²) < 4.78 is 55.7. The summed E-state index contributed by atoms with van der Waals surface area (Å²) in [5, 5.41) is 9.88. The van der Waals surface area contributed by atoms with E-state index < -0.39 is 73.6 Å². The molecule has 0 bridgehead atoms. The maximum absolute atomic E-state index is 15.3. The second-order valence-electron chi connectivity index (χ2n) is 8.49. The van der Waals surface area contributed by atoms with Gasteiger partial charge in [0.1, 0.15) is 28.6 Å².